The van der Waals surface area contributed by atoms with Crippen molar-refractivity contribution in [2.45, 2.75) is 6.04 Å². The van der Waals surface area contributed by atoms with Crippen LogP contribution in [0.4, 0.5) is 5.69 Å². The number of nitrogens with one attached hydrogen (secondary N) is 1. The number of rotatable bonds is 3. The van der Waals surface area contributed by atoms with Crippen molar-refractivity contribution in [2.75, 3.05) is 5.32 Å². The van der Waals surface area contributed by atoms with Gasteiger partial charge in [-0.15, -0.1) is 0 Å². The first-order valence-corrected chi connectivity index (χ1v) is 13.5. The maximum atomic E-state index is 5.06. The molecule has 4 heteroatoms. The third kappa shape index (κ3) is 3.81. The van der Waals surface area contributed by atoms with Crippen LogP contribution in [0, 0.1) is 0 Å². The molecule has 0 bridgehead atoms. The van der Waals surface area contributed by atoms with E-state index < -0.39 is 0 Å². The third-order valence-corrected chi connectivity index (χ3v) is 7.74. The minimum atomic E-state index is 0.0613. The van der Waals surface area contributed by atoms with Gasteiger partial charge in [0.05, 0.1) is 34.0 Å². The normalized spacial score (nSPS) is 14.3. The summed E-state index contributed by atoms with van der Waals surface area (Å²) in [5.41, 5.74) is 10.7. The molecule has 4 aromatic carbocycles. The van der Waals surface area contributed by atoms with E-state index in [9.17, 15) is 0 Å². The Labute approximate surface area is 231 Å². The lowest BCUT2D eigenvalue weighted by atomic mass is 9.94. The van der Waals surface area contributed by atoms with Gasteiger partial charge in [-0.05, 0) is 52.6 Å². The molecular weight excluding hydrogens is 488 g/mol. The van der Waals surface area contributed by atoms with E-state index in [2.05, 4.69) is 124 Å². The van der Waals surface area contributed by atoms with Gasteiger partial charge < -0.3 is 5.32 Å². The summed E-state index contributed by atoms with van der Waals surface area (Å²) in [4.78, 5) is 14.3. The molecule has 3 aromatic heterocycles. The molecule has 1 aliphatic heterocycles. The molecule has 0 fully saturated rings. The maximum absolute atomic E-state index is 5.06. The van der Waals surface area contributed by atoms with Crippen molar-refractivity contribution in [3.63, 3.8) is 0 Å². The fourth-order valence-electron chi connectivity index (χ4n) is 5.70. The zero-order valence-electron chi connectivity index (χ0n) is 21.6. The molecular formula is C36H24N4. The fourth-order valence-corrected chi connectivity index (χ4v) is 5.70. The van der Waals surface area contributed by atoms with Crippen molar-refractivity contribution in [1.82, 2.24) is 15.0 Å². The minimum Gasteiger partial charge on any atom is -0.372 e. The van der Waals surface area contributed by atoms with Crippen LogP contribution in [0.25, 0.3) is 61.2 Å². The Morgan fingerprint density at radius 3 is 2.10 bits per heavy atom. The molecule has 0 amide bonds. The third-order valence-electron chi connectivity index (χ3n) is 7.74. The second-order valence-electron chi connectivity index (χ2n) is 10.2. The van der Waals surface area contributed by atoms with Crippen LogP contribution in [0.15, 0.2) is 128 Å². The zero-order chi connectivity index (χ0) is 26.5. The van der Waals surface area contributed by atoms with Crippen molar-refractivity contribution >= 4 is 44.5 Å². The maximum Gasteiger partial charge on any atom is 0.0972 e. The number of anilines is 1. The Hall–Kier alpha value is -5.35. The summed E-state index contributed by atoms with van der Waals surface area (Å²) in [6, 6.07) is 38.3. The highest BCUT2D eigenvalue weighted by atomic mass is 14.9. The Morgan fingerprint density at radius 2 is 1.23 bits per heavy atom. The minimum absolute atomic E-state index is 0.0613. The van der Waals surface area contributed by atoms with Gasteiger partial charge in [0.25, 0.3) is 0 Å². The lowest BCUT2D eigenvalue weighted by molar-refractivity contribution is 0.981. The number of fused-ring (bicyclic) bond motifs is 6. The van der Waals surface area contributed by atoms with E-state index in [1.165, 1.54) is 11.1 Å². The summed E-state index contributed by atoms with van der Waals surface area (Å²) >= 11 is 0. The van der Waals surface area contributed by atoms with Gasteiger partial charge >= 0.3 is 0 Å². The number of hydrogen-bond acceptors (Lipinski definition) is 4. The first-order valence-electron chi connectivity index (χ1n) is 13.5. The van der Waals surface area contributed by atoms with E-state index in [1.807, 2.05) is 24.5 Å². The fraction of sp³-hybridized carbons (Fsp3) is 0.0278. The van der Waals surface area contributed by atoms with E-state index in [1.54, 1.807) is 0 Å². The monoisotopic (exact) mass is 512 g/mol. The van der Waals surface area contributed by atoms with Crippen molar-refractivity contribution < 1.29 is 0 Å². The Kier molecular flexibility index (Phi) is 5.17. The van der Waals surface area contributed by atoms with Gasteiger partial charge in [-0.3, -0.25) is 9.97 Å². The van der Waals surface area contributed by atoms with E-state index >= 15 is 0 Å². The standard InChI is InChI=1S/C36H24N4/c1-5-27(21-29(7-1)31-17-15-25-13-11-23-9-3-19-37-33(23)35(25)39-31)28-6-2-8-30(22-28)32-18-16-26-14-12-24-10-4-20-38-34(24)36(26)40-32/h1-22,31,39H. The summed E-state index contributed by atoms with van der Waals surface area (Å²) in [6.45, 7) is 0. The van der Waals surface area contributed by atoms with Crippen molar-refractivity contribution in [3.8, 4) is 22.4 Å². The lowest BCUT2D eigenvalue weighted by Crippen LogP contribution is -2.13. The second kappa shape index (κ2) is 9.14. The number of pyridine rings is 3. The quantitative estimate of drug-likeness (QED) is 0.240. The van der Waals surface area contributed by atoms with Crippen LogP contribution in [0.5, 0.6) is 0 Å². The van der Waals surface area contributed by atoms with Gasteiger partial charge in [0.1, 0.15) is 0 Å². The molecule has 8 rings (SSSR count). The average Bonchev–Trinajstić information content (AvgIpc) is 3.04. The van der Waals surface area contributed by atoms with Crippen molar-refractivity contribution in [2.24, 2.45) is 0 Å². The smallest absolute Gasteiger partial charge is 0.0972 e. The Morgan fingerprint density at radius 1 is 0.550 bits per heavy atom. The highest BCUT2D eigenvalue weighted by molar-refractivity contribution is 6.03. The Bertz CT molecular complexity index is 2110. The number of hydrogen-bond donors (Lipinski definition) is 1. The first kappa shape index (κ1) is 22.6. The van der Waals surface area contributed by atoms with Crippen LogP contribution in [0.2, 0.25) is 0 Å². The SMILES string of the molecule is C1=CC(c2cccc(-c3cccc(-c4ccc5ccc6cccnc6c5n4)c3)c2)Nc2c1ccc1cccnc21. The van der Waals surface area contributed by atoms with Gasteiger partial charge in [0.15, 0.2) is 0 Å². The summed E-state index contributed by atoms with van der Waals surface area (Å²) in [7, 11) is 0. The van der Waals surface area contributed by atoms with Crippen LogP contribution >= 0.6 is 0 Å². The Balaban J connectivity index is 1.15. The zero-order valence-corrected chi connectivity index (χ0v) is 21.6. The summed E-state index contributed by atoms with van der Waals surface area (Å²) in [5.74, 6) is 0. The molecule has 1 N–H and O–H groups in total. The molecule has 0 saturated carbocycles. The summed E-state index contributed by atoms with van der Waals surface area (Å²) in [5, 5.41) is 7.07. The van der Waals surface area contributed by atoms with E-state index in [-0.39, 0.29) is 6.04 Å². The lowest BCUT2D eigenvalue weighted by Gasteiger charge is -2.24. The highest BCUT2D eigenvalue weighted by Crippen LogP contribution is 2.36. The molecule has 1 atom stereocenters. The van der Waals surface area contributed by atoms with E-state index in [4.69, 9.17) is 4.98 Å². The van der Waals surface area contributed by atoms with E-state index in [0.29, 0.717) is 0 Å². The van der Waals surface area contributed by atoms with Gasteiger partial charge in [0.2, 0.25) is 0 Å². The molecule has 0 aliphatic carbocycles. The van der Waals surface area contributed by atoms with Gasteiger partial charge in [-0.2, -0.15) is 0 Å². The van der Waals surface area contributed by atoms with E-state index in [0.717, 1.165) is 60.8 Å². The number of benzene rings is 4. The van der Waals surface area contributed by atoms with Crippen LogP contribution < -0.4 is 5.32 Å². The molecule has 1 aliphatic rings. The highest BCUT2D eigenvalue weighted by Gasteiger charge is 2.18. The molecule has 0 saturated heterocycles. The summed E-state index contributed by atoms with van der Waals surface area (Å²) < 4.78 is 0. The molecule has 188 valence electrons. The number of aromatic nitrogens is 3. The van der Waals surface area contributed by atoms with Crippen LogP contribution in [-0.2, 0) is 0 Å². The molecule has 0 spiro atoms. The van der Waals surface area contributed by atoms with Gasteiger partial charge in [-0.1, -0.05) is 91.0 Å². The van der Waals surface area contributed by atoms with Gasteiger partial charge in [0, 0.05) is 34.1 Å². The largest absolute Gasteiger partial charge is 0.372 e. The molecule has 7 aromatic rings. The predicted octanol–water partition coefficient (Wildman–Crippen LogP) is 8.85. The summed E-state index contributed by atoms with van der Waals surface area (Å²) in [6.07, 6.45) is 8.11. The first-order chi connectivity index (χ1) is 19.8. The van der Waals surface area contributed by atoms with Crippen LogP contribution in [0.1, 0.15) is 17.2 Å². The molecule has 4 heterocycles. The molecule has 4 nitrogen and oxygen atoms in total. The molecule has 40 heavy (non-hydrogen) atoms. The predicted molar refractivity (Wildman–Crippen MR) is 165 cm³/mol. The van der Waals surface area contributed by atoms with Crippen LogP contribution in [0.3, 0.4) is 0 Å². The van der Waals surface area contributed by atoms with Crippen molar-refractivity contribution in [1.29, 1.82) is 0 Å². The van der Waals surface area contributed by atoms with Crippen molar-refractivity contribution in [3.05, 3.63) is 139 Å². The number of nitrogens with zero attached hydrogens (tertiary/aromatic N) is 3. The second-order valence-corrected chi connectivity index (χ2v) is 10.2. The van der Waals surface area contributed by atoms with Gasteiger partial charge in [-0.25, -0.2) is 4.98 Å². The van der Waals surface area contributed by atoms with Crippen LogP contribution in [-0.4, -0.2) is 15.0 Å². The average molecular weight is 513 g/mol. The topological polar surface area (TPSA) is 50.7 Å². The molecule has 0 radical (unpaired) electrons. The molecule has 1 unspecified atom stereocenters.